The average molecular weight is 446 g/mol. The quantitative estimate of drug-likeness (QED) is 0.360. The zero-order valence-electron chi connectivity index (χ0n) is 18.2. The molecule has 0 aliphatic carbocycles. The zero-order valence-corrected chi connectivity index (χ0v) is 18.9. The highest BCUT2D eigenvalue weighted by Gasteiger charge is 2.02. The molecule has 32 heavy (non-hydrogen) atoms. The van der Waals surface area contributed by atoms with Crippen molar-refractivity contribution >= 4 is 34.2 Å². The first kappa shape index (κ1) is 23.5. The SMILES string of the molecule is C/C(=C/c1ccc(Cl)cc1)c1ccc(OCc2ccc3ccccc3n2)cc1.NCCN. The molecule has 0 amide bonds. The molecular weight excluding hydrogens is 418 g/mol. The smallest absolute Gasteiger partial charge is 0.130 e. The number of ether oxygens (including phenoxy) is 1. The van der Waals surface area contributed by atoms with Gasteiger partial charge < -0.3 is 16.2 Å². The monoisotopic (exact) mass is 445 g/mol. The summed E-state index contributed by atoms with van der Waals surface area (Å²) in [4.78, 5) is 4.65. The topological polar surface area (TPSA) is 74.2 Å². The van der Waals surface area contributed by atoms with Gasteiger partial charge in [0.05, 0.1) is 11.2 Å². The van der Waals surface area contributed by atoms with E-state index < -0.39 is 0 Å². The Bertz CT molecular complexity index is 1150. The van der Waals surface area contributed by atoms with Crippen LogP contribution in [0.25, 0.3) is 22.6 Å². The number of aromatic nitrogens is 1. The largest absolute Gasteiger partial charge is 0.487 e. The van der Waals surface area contributed by atoms with Crippen LogP contribution in [0.3, 0.4) is 0 Å². The van der Waals surface area contributed by atoms with E-state index in [9.17, 15) is 0 Å². The van der Waals surface area contributed by atoms with Crippen molar-refractivity contribution in [3.05, 3.63) is 107 Å². The first-order valence-corrected chi connectivity index (χ1v) is 10.9. The predicted molar refractivity (Wildman–Crippen MR) is 136 cm³/mol. The van der Waals surface area contributed by atoms with E-state index in [-0.39, 0.29) is 0 Å². The Morgan fingerprint density at radius 1 is 0.875 bits per heavy atom. The van der Waals surface area contributed by atoms with E-state index in [4.69, 9.17) is 27.8 Å². The van der Waals surface area contributed by atoms with E-state index >= 15 is 0 Å². The van der Waals surface area contributed by atoms with Gasteiger partial charge in [-0.15, -0.1) is 0 Å². The van der Waals surface area contributed by atoms with Crippen LogP contribution in [0.2, 0.25) is 5.02 Å². The predicted octanol–water partition coefficient (Wildman–Crippen LogP) is 5.93. The minimum atomic E-state index is 0.448. The Morgan fingerprint density at radius 3 is 2.25 bits per heavy atom. The highest BCUT2D eigenvalue weighted by atomic mass is 35.5. The molecule has 0 radical (unpaired) electrons. The van der Waals surface area contributed by atoms with Crippen LogP contribution in [0.4, 0.5) is 0 Å². The molecule has 4 aromatic rings. The van der Waals surface area contributed by atoms with Crippen LogP contribution in [0.15, 0.2) is 84.9 Å². The maximum atomic E-state index is 5.95. The normalized spacial score (nSPS) is 11.1. The number of halogens is 1. The lowest BCUT2D eigenvalue weighted by molar-refractivity contribution is 0.302. The van der Waals surface area contributed by atoms with E-state index in [1.54, 1.807) is 0 Å². The number of rotatable bonds is 6. The Labute approximate surface area is 194 Å². The van der Waals surface area contributed by atoms with Crippen molar-refractivity contribution in [1.82, 2.24) is 4.98 Å². The molecule has 0 saturated heterocycles. The number of hydrogen-bond donors (Lipinski definition) is 2. The summed E-state index contributed by atoms with van der Waals surface area (Å²) in [6.07, 6.45) is 2.14. The van der Waals surface area contributed by atoms with E-state index in [0.717, 1.165) is 38.5 Å². The minimum Gasteiger partial charge on any atom is -0.487 e. The van der Waals surface area contributed by atoms with Crippen molar-refractivity contribution in [3.8, 4) is 5.75 Å². The second-order valence-electron chi connectivity index (χ2n) is 7.26. The molecule has 0 spiro atoms. The summed E-state index contributed by atoms with van der Waals surface area (Å²) in [5, 5.41) is 1.88. The molecule has 0 atom stereocenters. The molecule has 0 bridgehead atoms. The Kier molecular flexibility index (Phi) is 8.81. The Morgan fingerprint density at radius 2 is 1.56 bits per heavy atom. The number of hydrogen-bond acceptors (Lipinski definition) is 4. The van der Waals surface area contributed by atoms with Crippen LogP contribution >= 0.6 is 11.6 Å². The van der Waals surface area contributed by atoms with Crippen molar-refractivity contribution in [2.24, 2.45) is 11.5 Å². The number of nitrogens with zero attached hydrogens (tertiary/aromatic N) is 1. The summed E-state index contributed by atoms with van der Waals surface area (Å²) in [6.45, 7) is 3.74. The number of fused-ring (bicyclic) bond motifs is 1. The Hall–Kier alpha value is -3.18. The van der Waals surface area contributed by atoms with Crippen LogP contribution in [0, 0.1) is 0 Å². The molecule has 1 heterocycles. The van der Waals surface area contributed by atoms with Gasteiger partial charge in [-0.1, -0.05) is 66.2 Å². The zero-order chi connectivity index (χ0) is 22.8. The van der Waals surface area contributed by atoms with Gasteiger partial charge in [0, 0.05) is 23.5 Å². The second kappa shape index (κ2) is 12.0. The number of pyridine rings is 1. The summed E-state index contributed by atoms with van der Waals surface area (Å²) < 4.78 is 5.91. The third kappa shape index (κ3) is 6.92. The molecule has 3 aromatic carbocycles. The summed E-state index contributed by atoms with van der Waals surface area (Å²) in [6, 6.07) is 28.2. The maximum absolute atomic E-state index is 5.95. The minimum absolute atomic E-state index is 0.448. The molecule has 0 unspecified atom stereocenters. The van der Waals surface area contributed by atoms with Gasteiger partial charge in [0.25, 0.3) is 0 Å². The van der Waals surface area contributed by atoms with E-state index in [1.807, 2.05) is 60.7 Å². The third-order valence-corrected chi connectivity index (χ3v) is 5.02. The van der Waals surface area contributed by atoms with Gasteiger partial charge in [0.15, 0.2) is 0 Å². The third-order valence-electron chi connectivity index (χ3n) is 4.77. The first-order chi connectivity index (χ1) is 15.6. The molecule has 0 aliphatic heterocycles. The number of benzene rings is 3. The molecule has 0 aliphatic rings. The fourth-order valence-corrected chi connectivity index (χ4v) is 3.18. The molecule has 0 fully saturated rings. The molecule has 4 rings (SSSR count). The number of para-hydroxylation sites is 1. The summed E-state index contributed by atoms with van der Waals surface area (Å²) in [5.74, 6) is 0.831. The fraction of sp³-hybridized carbons (Fsp3) is 0.148. The van der Waals surface area contributed by atoms with E-state index in [2.05, 4.69) is 42.2 Å². The van der Waals surface area contributed by atoms with Crippen molar-refractivity contribution in [3.63, 3.8) is 0 Å². The lowest BCUT2D eigenvalue weighted by Crippen LogP contribution is -2.11. The van der Waals surface area contributed by atoms with Crippen LogP contribution in [-0.2, 0) is 6.61 Å². The molecule has 0 saturated carbocycles. The van der Waals surface area contributed by atoms with Crippen molar-refractivity contribution in [2.45, 2.75) is 13.5 Å². The van der Waals surface area contributed by atoms with E-state index in [0.29, 0.717) is 19.7 Å². The Balaban J connectivity index is 0.000000668. The molecule has 5 heteroatoms. The molecular formula is C27H28ClN3O. The molecule has 4 N–H and O–H groups in total. The lowest BCUT2D eigenvalue weighted by Gasteiger charge is -2.08. The average Bonchev–Trinajstić information content (AvgIpc) is 2.84. The van der Waals surface area contributed by atoms with Gasteiger partial charge in [-0.05, 0) is 60.0 Å². The van der Waals surface area contributed by atoms with Gasteiger partial charge >= 0.3 is 0 Å². The standard InChI is InChI=1S/C25H20ClNO.C2H8N2/c1-18(16-19-6-11-22(26)12-7-19)20-9-14-24(15-10-20)28-17-23-13-8-21-4-2-3-5-25(21)27-23;3-1-2-4/h2-16H,17H2,1H3;1-4H2/b18-16-;. The van der Waals surface area contributed by atoms with Crippen LogP contribution in [-0.4, -0.2) is 18.1 Å². The van der Waals surface area contributed by atoms with Crippen LogP contribution < -0.4 is 16.2 Å². The molecule has 164 valence electrons. The van der Waals surface area contributed by atoms with Gasteiger partial charge in [-0.2, -0.15) is 0 Å². The van der Waals surface area contributed by atoms with Gasteiger partial charge in [0.1, 0.15) is 12.4 Å². The highest BCUT2D eigenvalue weighted by Crippen LogP contribution is 2.22. The number of allylic oxidation sites excluding steroid dienone is 1. The summed E-state index contributed by atoms with van der Waals surface area (Å²) >= 11 is 5.95. The van der Waals surface area contributed by atoms with E-state index in [1.165, 1.54) is 5.57 Å². The molecule has 1 aromatic heterocycles. The van der Waals surface area contributed by atoms with Crippen LogP contribution in [0.1, 0.15) is 23.7 Å². The van der Waals surface area contributed by atoms with Crippen molar-refractivity contribution in [1.29, 1.82) is 0 Å². The van der Waals surface area contributed by atoms with Gasteiger partial charge in [0.2, 0.25) is 0 Å². The first-order valence-electron chi connectivity index (χ1n) is 10.5. The maximum Gasteiger partial charge on any atom is 0.130 e. The van der Waals surface area contributed by atoms with Crippen molar-refractivity contribution < 1.29 is 4.74 Å². The fourth-order valence-electron chi connectivity index (χ4n) is 3.05. The molecule has 4 nitrogen and oxygen atoms in total. The van der Waals surface area contributed by atoms with Gasteiger partial charge in [-0.3, -0.25) is 0 Å². The van der Waals surface area contributed by atoms with Gasteiger partial charge in [-0.25, -0.2) is 4.98 Å². The van der Waals surface area contributed by atoms with Crippen molar-refractivity contribution in [2.75, 3.05) is 13.1 Å². The lowest BCUT2D eigenvalue weighted by atomic mass is 10.0. The highest BCUT2D eigenvalue weighted by molar-refractivity contribution is 6.30. The second-order valence-corrected chi connectivity index (χ2v) is 7.70. The summed E-state index contributed by atoms with van der Waals surface area (Å²) in [5.41, 5.74) is 15.2. The van der Waals surface area contributed by atoms with Crippen LogP contribution in [0.5, 0.6) is 5.75 Å². The summed E-state index contributed by atoms with van der Waals surface area (Å²) in [7, 11) is 0. The number of nitrogens with two attached hydrogens (primary N) is 2.